The van der Waals surface area contributed by atoms with Gasteiger partial charge in [0.25, 0.3) is 0 Å². The van der Waals surface area contributed by atoms with Crippen molar-refractivity contribution in [2.24, 2.45) is 0 Å². The number of hydrogen-bond acceptors (Lipinski definition) is 4. The van der Waals surface area contributed by atoms with E-state index < -0.39 is 0 Å². The van der Waals surface area contributed by atoms with Crippen molar-refractivity contribution in [2.45, 2.75) is 19.8 Å². The zero-order chi connectivity index (χ0) is 26.6. The zero-order valence-corrected chi connectivity index (χ0v) is 21.9. The Hall–Kier alpha value is -4.36. The Bertz CT molecular complexity index is 1670. The Morgan fingerprint density at radius 1 is 1.11 bits per heavy atom. The standard InChI is InChI=1S/C31H31FN6/c1-5-20(9-8-14-38(3)4)15-21(6-2)23-17-26-30(36-37-31(26)34-19-23)28-18-25-27(35-28)12-13-33-29(25)22-10-7-11-24(32)16-22/h5-7,10-13,15-19,35H,1,8-9,14H2,2-4H3,(H,34,36,37)/b20-15+,21-6+. The molecule has 0 aliphatic heterocycles. The summed E-state index contributed by atoms with van der Waals surface area (Å²) in [5.74, 6) is -0.290. The molecule has 0 fully saturated rings. The summed E-state index contributed by atoms with van der Waals surface area (Å²) in [6.45, 7) is 7.08. The van der Waals surface area contributed by atoms with Crippen LogP contribution in [0.2, 0.25) is 0 Å². The lowest BCUT2D eigenvalue weighted by Crippen LogP contribution is -2.12. The largest absolute Gasteiger partial charge is 0.353 e. The number of aromatic nitrogens is 5. The van der Waals surface area contributed by atoms with Gasteiger partial charge in [-0.1, -0.05) is 36.9 Å². The van der Waals surface area contributed by atoms with Crippen LogP contribution in [0.5, 0.6) is 0 Å². The number of allylic oxidation sites excluding steroid dienone is 5. The zero-order valence-electron chi connectivity index (χ0n) is 21.9. The summed E-state index contributed by atoms with van der Waals surface area (Å²) in [4.78, 5) is 14.8. The topological polar surface area (TPSA) is 73.5 Å². The van der Waals surface area contributed by atoms with Crippen LogP contribution in [0, 0.1) is 5.82 Å². The molecule has 192 valence electrons. The number of fused-ring (bicyclic) bond motifs is 2. The van der Waals surface area contributed by atoms with Gasteiger partial charge in [0.05, 0.1) is 17.1 Å². The highest BCUT2D eigenvalue weighted by atomic mass is 19.1. The van der Waals surface area contributed by atoms with Crippen molar-refractivity contribution in [1.82, 2.24) is 30.0 Å². The molecule has 5 rings (SSSR count). The minimum atomic E-state index is -0.290. The van der Waals surface area contributed by atoms with Crippen LogP contribution < -0.4 is 0 Å². The van der Waals surface area contributed by atoms with Gasteiger partial charge in [0.2, 0.25) is 0 Å². The first kappa shape index (κ1) is 25.3. The quantitative estimate of drug-likeness (QED) is 0.208. The second-order valence-corrected chi connectivity index (χ2v) is 9.58. The molecule has 0 amide bonds. The lowest BCUT2D eigenvalue weighted by molar-refractivity contribution is 0.400. The fourth-order valence-electron chi connectivity index (χ4n) is 4.68. The van der Waals surface area contributed by atoms with Gasteiger partial charge in [0.15, 0.2) is 5.65 Å². The van der Waals surface area contributed by atoms with Crippen molar-refractivity contribution in [3.8, 4) is 22.6 Å². The average Bonchev–Trinajstić information content (AvgIpc) is 3.54. The van der Waals surface area contributed by atoms with E-state index >= 15 is 0 Å². The molecular weight excluding hydrogens is 475 g/mol. The second kappa shape index (κ2) is 10.9. The van der Waals surface area contributed by atoms with E-state index in [0.717, 1.165) is 69.5 Å². The van der Waals surface area contributed by atoms with E-state index in [1.165, 1.54) is 17.7 Å². The third-order valence-electron chi connectivity index (χ3n) is 6.64. The van der Waals surface area contributed by atoms with Crippen molar-refractivity contribution in [1.29, 1.82) is 0 Å². The summed E-state index contributed by atoms with van der Waals surface area (Å²) in [7, 11) is 4.17. The molecule has 0 radical (unpaired) electrons. The van der Waals surface area contributed by atoms with Gasteiger partial charge >= 0.3 is 0 Å². The lowest BCUT2D eigenvalue weighted by Gasteiger charge is -2.10. The van der Waals surface area contributed by atoms with Gasteiger partial charge in [0, 0.05) is 39.8 Å². The molecule has 5 aromatic rings. The molecule has 0 unspecified atom stereocenters. The number of benzene rings is 1. The number of H-pyrrole nitrogens is 2. The van der Waals surface area contributed by atoms with Gasteiger partial charge in [0.1, 0.15) is 5.82 Å². The van der Waals surface area contributed by atoms with E-state index in [1.807, 2.05) is 37.4 Å². The summed E-state index contributed by atoms with van der Waals surface area (Å²) < 4.78 is 13.9. The molecule has 38 heavy (non-hydrogen) atoms. The summed E-state index contributed by atoms with van der Waals surface area (Å²) in [6, 6.07) is 12.6. The molecule has 7 heteroatoms. The highest BCUT2D eigenvalue weighted by molar-refractivity contribution is 5.99. The van der Waals surface area contributed by atoms with Gasteiger partial charge < -0.3 is 9.88 Å². The van der Waals surface area contributed by atoms with Crippen molar-refractivity contribution in [2.75, 3.05) is 20.6 Å². The van der Waals surface area contributed by atoms with Crippen LogP contribution in [-0.4, -0.2) is 50.7 Å². The minimum absolute atomic E-state index is 0.290. The van der Waals surface area contributed by atoms with Crippen LogP contribution in [0.3, 0.4) is 0 Å². The third kappa shape index (κ3) is 5.19. The maximum Gasteiger partial charge on any atom is 0.181 e. The van der Waals surface area contributed by atoms with Gasteiger partial charge in [-0.15, -0.1) is 0 Å². The van der Waals surface area contributed by atoms with Crippen LogP contribution in [-0.2, 0) is 0 Å². The van der Waals surface area contributed by atoms with E-state index in [4.69, 9.17) is 0 Å². The molecule has 1 aromatic carbocycles. The molecule has 6 nitrogen and oxygen atoms in total. The van der Waals surface area contributed by atoms with Gasteiger partial charge in [-0.25, -0.2) is 9.37 Å². The van der Waals surface area contributed by atoms with Crippen molar-refractivity contribution < 1.29 is 4.39 Å². The van der Waals surface area contributed by atoms with Crippen molar-refractivity contribution in [3.05, 3.63) is 96.6 Å². The minimum Gasteiger partial charge on any atom is -0.353 e. The van der Waals surface area contributed by atoms with Crippen LogP contribution in [0.1, 0.15) is 25.3 Å². The second-order valence-electron chi connectivity index (χ2n) is 9.58. The molecular formula is C31H31FN6. The number of hydrogen-bond donors (Lipinski definition) is 2. The summed E-state index contributed by atoms with van der Waals surface area (Å²) >= 11 is 0. The lowest BCUT2D eigenvalue weighted by atomic mass is 10.0. The van der Waals surface area contributed by atoms with E-state index in [2.05, 4.69) is 68.9 Å². The van der Waals surface area contributed by atoms with Crippen molar-refractivity contribution in [3.63, 3.8) is 0 Å². The predicted octanol–water partition coefficient (Wildman–Crippen LogP) is 7.16. The monoisotopic (exact) mass is 506 g/mol. The Labute approximate surface area is 221 Å². The van der Waals surface area contributed by atoms with E-state index in [-0.39, 0.29) is 5.82 Å². The van der Waals surface area contributed by atoms with Gasteiger partial charge in [-0.3, -0.25) is 10.1 Å². The summed E-state index contributed by atoms with van der Waals surface area (Å²) in [6.07, 6.45) is 11.8. The first-order chi connectivity index (χ1) is 18.5. The Kier molecular flexibility index (Phi) is 7.29. The van der Waals surface area contributed by atoms with Crippen LogP contribution >= 0.6 is 0 Å². The highest BCUT2D eigenvalue weighted by Gasteiger charge is 2.15. The number of rotatable bonds is 9. The number of aromatic amines is 2. The fourth-order valence-corrected chi connectivity index (χ4v) is 4.68. The number of nitrogens with one attached hydrogen (secondary N) is 2. The normalized spacial score (nSPS) is 12.7. The molecule has 0 spiro atoms. The fraction of sp³-hybridized carbons (Fsp3) is 0.194. The van der Waals surface area contributed by atoms with E-state index in [1.54, 1.807) is 12.3 Å². The number of pyridine rings is 2. The highest BCUT2D eigenvalue weighted by Crippen LogP contribution is 2.33. The smallest absolute Gasteiger partial charge is 0.181 e. The number of halogens is 1. The summed E-state index contributed by atoms with van der Waals surface area (Å²) in [5, 5.41) is 9.41. The van der Waals surface area contributed by atoms with Crippen molar-refractivity contribution >= 4 is 27.5 Å². The Balaban J connectivity index is 1.52. The first-order valence-electron chi connectivity index (χ1n) is 12.7. The molecule has 0 bridgehead atoms. The molecule has 0 saturated carbocycles. The molecule has 0 aliphatic carbocycles. The third-order valence-corrected chi connectivity index (χ3v) is 6.64. The molecule has 0 saturated heterocycles. The van der Waals surface area contributed by atoms with E-state index in [9.17, 15) is 4.39 Å². The number of nitrogens with zero attached hydrogens (tertiary/aromatic N) is 4. The average molecular weight is 507 g/mol. The van der Waals surface area contributed by atoms with Gasteiger partial charge in [-0.2, -0.15) is 5.10 Å². The Morgan fingerprint density at radius 2 is 1.97 bits per heavy atom. The molecule has 0 atom stereocenters. The Morgan fingerprint density at radius 3 is 2.74 bits per heavy atom. The van der Waals surface area contributed by atoms with Gasteiger partial charge in [-0.05, 0) is 81.9 Å². The van der Waals surface area contributed by atoms with E-state index in [0.29, 0.717) is 5.65 Å². The molecule has 2 N–H and O–H groups in total. The first-order valence-corrected chi connectivity index (χ1v) is 12.7. The van der Waals surface area contributed by atoms with Crippen LogP contribution in [0.25, 0.3) is 50.2 Å². The molecule has 4 heterocycles. The summed E-state index contributed by atoms with van der Waals surface area (Å²) in [5.41, 5.74) is 7.98. The van der Waals surface area contributed by atoms with Crippen LogP contribution in [0.4, 0.5) is 4.39 Å². The maximum absolute atomic E-state index is 13.9. The molecule has 4 aromatic heterocycles. The SMILES string of the molecule is C=C/C(=C\C(=C/C)c1cnc2n[nH]c(-c3cc4c(-c5cccc(F)c5)nccc4[nH]3)c2c1)CCCN(C)C. The molecule has 0 aliphatic rings. The maximum atomic E-state index is 13.9. The predicted molar refractivity (Wildman–Crippen MR) is 154 cm³/mol. The van der Waals surface area contributed by atoms with Crippen LogP contribution in [0.15, 0.2) is 85.2 Å².